The monoisotopic (exact) mass is 493 g/mol. The van der Waals surface area contributed by atoms with E-state index in [1.165, 1.54) is 20.2 Å². The molecule has 1 heterocycles. The van der Waals surface area contributed by atoms with Crippen molar-refractivity contribution in [2.45, 2.75) is 16.0 Å². The highest BCUT2D eigenvalue weighted by atomic mass is 32.2. The standard InChI is InChI=1S/C19H22F3N3O5S2/c1-24(2)32(28,29)16-6-4-15(5-7-16)31(26,27)23-17-13-14(19(20,21)22)3-8-18(17)25-9-11-30-12-10-25/h3-8,13,23H,9-12H2,1-2H3. The molecule has 1 fully saturated rings. The number of sulfonamides is 2. The van der Waals surface area contributed by atoms with Crippen molar-refractivity contribution in [1.82, 2.24) is 4.31 Å². The maximum absolute atomic E-state index is 13.2. The third-order valence-electron chi connectivity index (χ3n) is 4.83. The summed E-state index contributed by atoms with van der Waals surface area (Å²) in [5.74, 6) is 0. The number of ether oxygens (including phenoxy) is 1. The van der Waals surface area contributed by atoms with Crippen molar-refractivity contribution >= 4 is 31.4 Å². The molecule has 1 saturated heterocycles. The van der Waals surface area contributed by atoms with Gasteiger partial charge in [0.2, 0.25) is 10.0 Å². The third kappa shape index (κ3) is 5.17. The van der Waals surface area contributed by atoms with Crippen LogP contribution in [0.2, 0.25) is 0 Å². The number of hydrogen-bond donors (Lipinski definition) is 1. The SMILES string of the molecule is CN(C)S(=O)(=O)c1ccc(S(=O)(=O)Nc2cc(C(F)(F)F)ccc2N2CCOCC2)cc1. The molecule has 0 radical (unpaired) electrons. The van der Waals surface area contributed by atoms with Crippen LogP contribution in [0, 0.1) is 0 Å². The fraction of sp³-hybridized carbons (Fsp3) is 0.368. The molecule has 1 aliphatic heterocycles. The molecule has 13 heteroatoms. The zero-order valence-corrected chi connectivity index (χ0v) is 18.9. The Morgan fingerprint density at radius 2 is 1.50 bits per heavy atom. The van der Waals surface area contributed by atoms with Gasteiger partial charge in [0.05, 0.1) is 39.9 Å². The quantitative estimate of drug-likeness (QED) is 0.665. The summed E-state index contributed by atoms with van der Waals surface area (Å²) in [6.45, 7) is 1.48. The highest BCUT2D eigenvalue weighted by molar-refractivity contribution is 7.92. The highest BCUT2D eigenvalue weighted by Crippen LogP contribution is 2.36. The first-order chi connectivity index (χ1) is 14.8. The van der Waals surface area contributed by atoms with Crippen LogP contribution in [0.4, 0.5) is 24.5 Å². The van der Waals surface area contributed by atoms with Crippen molar-refractivity contribution in [2.24, 2.45) is 0 Å². The Kier molecular flexibility index (Phi) is 6.75. The van der Waals surface area contributed by atoms with E-state index in [4.69, 9.17) is 4.74 Å². The summed E-state index contributed by atoms with van der Waals surface area (Å²) in [5, 5.41) is 0. The van der Waals surface area contributed by atoms with E-state index in [0.29, 0.717) is 26.3 Å². The maximum Gasteiger partial charge on any atom is 0.416 e. The average Bonchev–Trinajstić information content (AvgIpc) is 2.73. The van der Waals surface area contributed by atoms with Crippen molar-refractivity contribution in [3.05, 3.63) is 48.0 Å². The molecule has 3 rings (SSSR count). The second-order valence-corrected chi connectivity index (χ2v) is 11.0. The molecule has 0 atom stereocenters. The molecule has 8 nitrogen and oxygen atoms in total. The summed E-state index contributed by atoms with van der Waals surface area (Å²) in [6.07, 6.45) is -4.66. The molecule has 0 aromatic heterocycles. The van der Waals surface area contributed by atoms with Crippen molar-refractivity contribution in [1.29, 1.82) is 0 Å². The molecule has 32 heavy (non-hydrogen) atoms. The van der Waals surface area contributed by atoms with E-state index >= 15 is 0 Å². The minimum absolute atomic E-state index is 0.116. The molecule has 0 unspecified atom stereocenters. The van der Waals surface area contributed by atoms with Crippen LogP contribution in [0.1, 0.15) is 5.56 Å². The second kappa shape index (κ2) is 8.89. The van der Waals surface area contributed by atoms with Gasteiger partial charge in [-0.15, -0.1) is 0 Å². The maximum atomic E-state index is 13.2. The van der Waals surface area contributed by atoms with Crippen LogP contribution in [0.3, 0.4) is 0 Å². The second-order valence-electron chi connectivity index (χ2n) is 7.19. The largest absolute Gasteiger partial charge is 0.416 e. The Hall–Kier alpha value is -2.35. The Labute approximate surface area is 184 Å². The van der Waals surface area contributed by atoms with Gasteiger partial charge in [-0.25, -0.2) is 21.1 Å². The molecule has 1 aliphatic rings. The summed E-state index contributed by atoms with van der Waals surface area (Å²) in [6, 6.07) is 7.27. The van der Waals surface area contributed by atoms with Crippen LogP contribution < -0.4 is 9.62 Å². The van der Waals surface area contributed by atoms with Crippen molar-refractivity contribution in [3.8, 4) is 0 Å². The lowest BCUT2D eigenvalue weighted by molar-refractivity contribution is -0.137. The first kappa shape index (κ1) is 24.3. The van der Waals surface area contributed by atoms with Crippen LogP contribution >= 0.6 is 0 Å². The van der Waals surface area contributed by atoms with Gasteiger partial charge in [-0.1, -0.05) is 0 Å². The smallest absolute Gasteiger partial charge is 0.378 e. The van der Waals surface area contributed by atoms with Crippen molar-refractivity contribution in [2.75, 3.05) is 50.0 Å². The van der Waals surface area contributed by atoms with Gasteiger partial charge in [-0.2, -0.15) is 13.2 Å². The first-order valence-electron chi connectivity index (χ1n) is 9.42. The van der Waals surface area contributed by atoms with Gasteiger partial charge < -0.3 is 9.64 Å². The lowest BCUT2D eigenvalue weighted by Gasteiger charge is -2.31. The van der Waals surface area contributed by atoms with Crippen LogP contribution in [0.25, 0.3) is 0 Å². The lowest BCUT2D eigenvalue weighted by atomic mass is 10.1. The fourth-order valence-electron chi connectivity index (χ4n) is 3.08. The normalized spacial score (nSPS) is 15.8. The molecule has 0 spiro atoms. The zero-order valence-electron chi connectivity index (χ0n) is 17.3. The fourth-order valence-corrected chi connectivity index (χ4v) is 5.05. The number of morpholine rings is 1. The Bertz CT molecular complexity index is 1180. The summed E-state index contributed by atoms with van der Waals surface area (Å²) < 4.78 is 98.3. The van der Waals surface area contributed by atoms with E-state index in [2.05, 4.69) is 4.72 Å². The minimum Gasteiger partial charge on any atom is -0.378 e. The summed E-state index contributed by atoms with van der Waals surface area (Å²) in [4.78, 5) is 1.32. The van der Waals surface area contributed by atoms with Gasteiger partial charge in [0.25, 0.3) is 10.0 Å². The number of anilines is 2. The van der Waals surface area contributed by atoms with Crippen LogP contribution in [-0.2, 0) is 31.0 Å². The number of hydrogen-bond acceptors (Lipinski definition) is 6. The Morgan fingerprint density at radius 3 is 2.03 bits per heavy atom. The van der Waals surface area contributed by atoms with E-state index in [1.54, 1.807) is 4.90 Å². The number of nitrogens with one attached hydrogen (secondary N) is 1. The van der Waals surface area contributed by atoms with Gasteiger partial charge in [0, 0.05) is 27.2 Å². The zero-order chi connectivity index (χ0) is 23.7. The predicted octanol–water partition coefficient (Wildman–Crippen LogP) is 2.59. The molecule has 0 aliphatic carbocycles. The van der Waals surface area contributed by atoms with Crippen molar-refractivity contribution < 1.29 is 34.7 Å². The molecule has 0 amide bonds. The van der Waals surface area contributed by atoms with Crippen LogP contribution in [0.5, 0.6) is 0 Å². The predicted molar refractivity (Wildman–Crippen MR) is 113 cm³/mol. The average molecular weight is 494 g/mol. The van der Waals surface area contributed by atoms with Gasteiger partial charge >= 0.3 is 6.18 Å². The Balaban J connectivity index is 1.98. The van der Waals surface area contributed by atoms with E-state index < -0.39 is 31.8 Å². The molecule has 2 aromatic rings. The van der Waals surface area contributed by atoms with E-state index in [1.807, 2.05) is 0 Å². The third-order valence-corrected chi connectivity index (χ3v) is 8.04. The molecule has 2 aromatic carbocycles. The number of rotatable bonds is 6. The van der Waals surface area contributed by atoms with Crippen LogP contribution in [0.15, 0.2) is 52.3 Å². The van der Waals surface area contributed by atoms with E-state index in [9.17, 15) is 30.0 Å². The van der Waals surface area contributed by atoms with Gasteiger partial charge in [0.15, 0.2) is 0 Å². The number of benzene rings is 2. The van der Waals surface area contributed by atoms with Crippen LogP contribution in [-0.4, -0.2) is 61.5 Å². The lowest BCUT2D eigenvalue weighted by Crippen LogP contribution is -2.36. The highest BCUT2D eigenvalue weighted by Gasteiger charge is 2.32. The van der Waals surface area contributed by atoms with E-state index in [0.717, 1.165) is 40.7 Å². The van der Waals surface area contributed by atoms with Gasteiger partial charge in [0.1, 0.15) is 0 Å². The minimum atomic E-state index is -4.66. The number of alkyl halides is 3. The van der Waals surface area contributed by atoms with Crippen molar-refractivity contribution in [3.63, 3.8) is 0 Å². The topological polar surface area (TPSA) is 96.0 Å². The van der Waals surface area contributed by atoms with Gasteiger partial charge in [-0.3, -0.25) is 4.72 Å². The van der Waals surface area contributed by atoms with E-state index in [-0.39, 0.29) is 21.2 Å². The first-order valence-corrected chi connectivity index (χ1v) is 12.3. The molecule has 0 saturated carbocycles. The number of nitrogens with zero attached hydrogens (tertiary/aromatic N) is 2. The molecule has 176 valence electrons. The summed E-state index contributed by atoms with van der Waals surface area (Å²) >= 11 is 0. The molecule has 0 bridgehead atoms. The molecular weight excluding hydrogens is 471 g/mol. The Morgan fingerprint density at radius 1 is 0.938 bits per heavy atom. The molecular formula is C19H22F3N3O5S2. The molecule has 1 N–H and O–H groups in total. The van der Waals surface area contributed by atoms with Gasteiger partial charge in [-0.05, 0) is 42.5 Å². The summed E-state index contributed by atoms with van der Waals surface area (Å²) in [7, 11) is -5.40. The number of halogens is 3. The summed E-state index contributed by atoms with van der Waals surface area (Å²) in [5.41, 5.74) is -0.942.